The molecule has 1 atom stereocenters. The van der Waals surface area contributed by atoms with Gasteiger partial charge in [0, 0.05) is 25.2 Å². The van der Waals surface area contributed by atoms with Crippen LogP contribution in [0.2, 0.25) is 0 Å². The topological polar surface area (TPSA) is 108 Å². The van der Waals surface area contributed by atoms with Crippen LogP contribution in [-0.4, -0.2) is 49.8 Å². The Morgan fingerprint density at radius 2 is 2.23 bits per heavy atom. The normalized spacial score (nSPS) is 18.8. The molecule has 3 aromatic heterocycles. The van der Waals surface area contributed by atoms with Crippen molar-refractivity contribution in [2.24, 2.45) is 5.73 Å². The molecule has 0 radical (unpaired) electrons. The molecule has 2 aliphatic rings. The second-order valence-corrected chi connectivity index (χ2v) is 7.94. The molecule has 0 fully saturated rings. The van der Waals surface area contributed by atoms with E-state index in [-0.39, 0.29) is 18.5 Å². The number of nitriles is 1. The van der Waals surface area contributed by atoms with E-state index in [0.717, 1.165) is 30.6 Å². The van der Waals surface area contributed by atoms with Gasteiger partial charge in [-0.1, -0.05) is 0 Å². The second-order valence-electron chi connectivity index (χ2n) is 7.94. The number of carbonyl (C=O) groups is 1. The number of fused-ring (bicyclic) bond motifs is 4. The molecule has 1 amide bonds. The van der Waals surface area contributed by atoms with Gasteiger partial charge in [-0.15, -0.1) is 0 Å². The monoisotopic (exact) mass is 408 g/mol. The van der Waals surface area contributed by atoms with Crippen LogP contribution in [0.5, 0.6) is 0 Å². The zero-order chi connectivity index (χ0) is 21.0. The molecule has 0 aromatic carbocycles. The summed E-state index contributed by atoms with van der Waals surface area (Å²) in [4.78, 5) is 15.4. The van der Waals surface area contributed by atoms with Crippen LogP contribution >= 0.6 is 0 Å². The molecule has 0 saturated carbocycles. The number of halogens is 1. The number of rotatable bonds is 3. The van der Waals surface area contributed by atoms with E-state index in [2.05, 4.69) is 27.7 Å². The average Bonchev–Trinajstić information content (AvgIpc) is 3.28. The highest BCUT2D eigenvalue weighted by Crippen LogP contribution is 2.34. The Bertz CT molecular complexity index is 1210. The van der Waals surface area contributed by atoms with Crippen LogP contribution in [0.25, 0.3) is 5.52 Å². The second kappa shape index (κ2) is 6.81. The lowest BCUT2D eigenvalue weighted by molar-refractivity contribution is -0.119. The van der Waals surface area contributed by atoms with Gasteiger partial charge in [-0.3, -0.25) is 14.4 Å². The number of nitrogens with two attached hydrogens (primary N) is 1. The van der Waals surface area contributed by atoms with Gasteiger partial charge in [0.05, 0.1) is 42.4 Å². The third-order valence-corrected chi connectivity index (χ3v) is 5.92. The minimum Gasteiger partial charge on any atom is -0.369 e. The first-order valence-electron chi connectivity index (χ1n) is 9.87. The lowest BCUT2D eigenvalue weighted by Crippen LogP contribution is -2.38. The van der Waals surface area contributed by atoms with Crippen molar-refractivity contribution >= 4 is 17.1 Å². The SMILES string of the molecule is C[C@@H]1CN(c2ccc(C#N)n3ncc(F)c23)Cc2c3c(nn21)CN(CC(N)=O)CC3. The molecule has 5 heterocycles. The molecule has 0 aliphatic carbocycles. The Labute approximate surface area is 172 Å². The van der Waals surface area contributed by atoms with Crippen LogP contribution in [0.3, 0.4) is 0 Å². The minimum atomic E-state index is -0.446. The van der Waals surface area contributed by atoms with E-state index in [4.69, 9.17) is 10.8 Å². The summed E-state index contributed by atoms with van der Waals surface area (Å²) in [6.45, 7) is 4.92. The van der Waals surface area contributed by atoms with E-state index >= 15 is 0 Å². The van der Waals surface area contributed by atoms with Crippen LogP contribution in [0.1, 0.15) is 35.6 Å². The van der Waals surface area contributed by atoms with Crippen molar-refractivity contribution in [3.05, 3.63) is 46.8 Å². The molecule has 2 aliphatic heterocycles. The summed E-state index contributed by atoms with van der Waals surface area (Å²) in [5.41, 5.74) is 9.96. The highest BCUT2D eigenvalue weighted by Gasteiger charge is 2.32. The summed E-state index contributed by atoms with van der Waals surface area (Å²) in [7, 11) is 0. The maximum Gasteiger partial charge on any atom is 0.231 e. The van der Waals surface area contributed by atoms with Crippen LogP contribution in [-0.2, 0) is 24.3 Å². The minimum absolute atomic E-state index is 0.0885. The smallest absolute Gasteiger partial charge is 0.231 e. The van der Waals surface area contributed by atoms with E-state index in [9.17, 15) is 14.4 Å². The first-order chi connectivity index (χ1) is 14.5. The van der Waals surface area contributed by atoms with Crippen LogP contribution in [0.4, 0.5) is 10.1 Å². The van der Waals surface area contributed by atoms with Crippen molar-refractivity contribution < 1.29 is 9.18 Å². The predicted molar refractivity (Wildman–Crippen MR) is 106 cm³/mol. The summed E-state index contributed by atoms with van der Waals surface area (Å²) in [5, 5.41) is 18.2. The molecule has 2 N–H and O–H groups in total. The fraction of sp³-hybridized carbons (Fsp3) is 0.400. The molecular formula is C20H21FN8O. The molecule has 3 aromatic rings. The van der Waals surface area contributed by atoms with E-state index in [0.29, 0.717) is 36.5 Å². The fourth-order valence-electron chi connectivity index (χ4n) is 4.63. The summed E-state index contributed by atoms with van der Waals surface area (Å²) >= 11 is 0. The standard InChI is InChI=1S/C20H21FN8O/c1-12-8-27(17-3-2-13(6-22)29-20(17)15(21)7-24-29)10-18-14-4-5-26(11-19(23)30)9-16(14)25-28(12)18/h2-3,7,12H,4-5,8-11H2,1H3,(H2,23,30)/t12-/m1/s1. The summed E-state index contributed by atoms with van der Waals surface area (Å²) in [6, 6.07) is 5.60. The van der Waals surface area contributed by atoms with Gasteiger partial charge in [0.2, 0.25) is 5.91 Å². The fourth-order valence-corrected chi connectivity index (χ4v) is 4.63. The molecule has 0 unspecified atom stereocenters. The Hall–Kier alpha value is -3.45. The maximum atomic E-state index is 14.6. The Balaban J connectivity index is 1.52. The third-order valence-electron chi connectivity index (χ3n) is 5.92. The third kappa shape index (κ3) is 2.81. The van der Waals surface area contributed by atoms with Crippen molar-refractivity contribution in [2.75, 3.05) is 24.5 Å². The molecule has 154 valence electrons. The summed E-state index contributed by atoms with van der Waals surface area (Å²) in [6.07, 6.45) is 1.94. The largest absolute Gasteiger partial charge is 0.369 e. The van der Waals surface area contributed by atoms with Gasteiger partial charge in [0.1, 0.15) is 17.3 Å². The average molecular weight is 408 g/mol. The van der Waals surface area contributed by atoms with E-state index in [1.165, 1.54) is 10.1 Å². The first kappa shape index (κ1) is 18.6. The number of pyridine rings is 1. The lowest BCUT2D eigenvalue weighted by atomic mass is 10.0. The van der Waals surface area contributed by atoms with Crippen LogP contribution < -0.4 is 10.6 Å². The molecule has 0 bridgehead atoms. The number of primary amides is 1. The Morgan fingerprint density at radius 1 is 1.40 bits per heavy atom. The number of hydrogen-bond donors (Lipinski definition) is 1. The van der Waals surface area contributed by atoms with Gasteiger partial charge in [-0.2, -0.15) is 15.5 Å². The molecular weight excluding hydrogens is 387 g/mol. The number of carbonyl (C=O) groups excluding carboxylic acids is 1. The first-order valence-corrected chi connectivity index (χ1v) is 9.87. The van der Waals surface area contributed by atoms with Crippen molar-refractivity contribution in [3.8, 4) is 6.07 Å². The van der Waals surface area contributed by atoms with Crippen LogP contribution in [0, 0.1) is 17.1 Å². The molecule has 0 spiro atoms. The van der Waals surface area contributed by atoms with Crippen molar-refractivity contribution in [1.82, 2.24) is 24.3 Å². The van der Waals surface area contributed by atoms with Gasteiger partial charge in [0.25, 0.3) is 0 Å². The van der Waals surface area contributed by atoms with Gasteiger partial charge < -0.3 is 10.6 Å². The molecule has 10 heteroatoms. The number of anilines is 1. The van der Waals surface area contributed by atoms with Gasteiger partial charge in [-0.25, -0.2) is 8.91 Å². The van der Waals surface area contributed by atoms with Crippen molar-refractivity contribution in [3.63, 3.8) is 0 Å². The van der Waals surface area contributed by atoms with Gasteiger partial charge in [-0.05, 0) is 25.5 Å². The van der Waals surface area contributed by atoms with Crippen molar-refractivity contribution in [1.29, 1.82) is 5.26 Å². The molecule has 9 nitrogen and oxygen atoms in total. The molecule has 5 rings (SSSR count). The highest BCUT2D eigenvalue weighted by molar-refractivity contribution is 5.76. The quantitative estimate of drug-likeness (QED) is 0.692. The number of hydrogen-bond acceptors (Lipinski definition) is 6. The zero-order valence-electron chi connectivity index (χ0n) is 16.5. The summed E-state index contributed by atoms with van der Waals surface area (Å²) < 4.78 is 18.0. The zero-order valence-corrected chi connectivity index (χ0v) is 16.5. The molecule has 0 saturated heterocycles. The van der Waals surface area contributed by atoms with E-state index in [1.807, 2.05) is 4.90 Å². The number of amides is 1. The Kier molecular flexibility index (Phi) is 4.22. The van der Waals surface area contributed by atoms with E-state index < -0.39 is 5.82 Å². The highest BCUT2D eigenvalue weighted by atomic mass is 19.1. The molecule has 30 heavy (non-hydrogen) atoms. The van der Waals surface area contributed by atoms with Crippen molar-refractivity contribution in [2.45, 2.75) is 32.5 Å². The number of nitrogens with zero attached hydrogens (tertiary/aromatic N) is 7. The predicted octanol–water partition coefficient (Wildman–Crippen LogP) is 0.966. The van der Waals surface area contributed by atoms with Gasteiger partial charge >= 0.3 is 0 Å². The Morgan fingerprint density at radius 3 is 3.00 bits per heavy atom. The summed E-state index contributed by atoms with van der Waals surface area (Å²) in [5.74, 6) is -0.785. The lowest BCUT2D eigenvalue weighted by Gasteiger charge is -2.35. The number of aromatic nitrogens is 4. The van der Waals surface area contributed by atoms with Crippen LogP contribution in [0.15, 0.2) is 18.3 Å². The van der Waals surface area contributed by atoms with Gasteiger partial charge in [0.15, 0.2) is 5.82 Å². The van der Waals surface area contributed by atoms with E-state index in [1.54, 1.807) is 12.1 Å². The maximum absolute atomic E-state index is 14.6.